The number of nitrogens with zero attached hydrogens (tertiary/aromatic N) is 4. The molecule has 2 rings (SSSR count). The Hall–Kier alpha value is -1.56. The molecule has 0 amide bonds. The number of nitrogens with one attached hydrogen (secondary N) is 1. The third kappa shape index (κ3) is 1.54. The molecule has 0 aromatic carbocycles. The van der Waals surface area contributed by atoms with Gasteiger partial charge in [0.25, 0.3) is 0 Å². The van der Waals surface area contributed by atoms with Crippen LogP contribution in [-0.4, -0.2) is 15.0 Å². The van der Waals surface area contributed by atoms with Crippen molar-refractivity contribution in [1.29, 1.82) is 0 Å². The highest BCUT2D eigenvalue weighted by Gasteiger charge is 1.91. The van der Waals surface area contributed by atoms with Gasteiger partial charge in [-0.05, 0) is 0 Å². The second kappa shape index (κ2) is 3.22. The highest BCUT2D eigenvalue weighted by Crippen LogP contribution is 2.16. The van der Waals surface area contributed by atoms with Crippen molar-refractivity contribution in [2.24, 2.45) is 10.2 Å². The minimum atomic E-state index is 0.491. The summed E-state index contributed by atoms with van der Waals surface area (Å²) in [6.45, 7) is 0. The van der Waals surface area contributed by atoms with Crippen molar-refractivity contribution in [2.75, 3.05) is 0 Å². The van der Waals surface area contributed by atoms with E-state index >= 15 is 0 Å². The quantitative estimate of drug-likeness (QED) is 0.718. The van der Waals surface area contributed by atoms with E-state index in [-0.39, 0.29) is 0 Å². The number of hydrogen-bond donors (Lipinski definition) is 1. The van der Waals surface area contributed by atoms with E-state index in [0.717, 1.165) is 0 Å². The van der Waals surface area contributed by atoms with Crippen LogP contribution in [-0.2, 0) is 0 Å². The molecule has 2 aromatic heterocycles. The van der Waals surface area contributed by atoms with Crippen LogP contribution < -0.4 is 0 Å². The van der Waals surface area contributed by atoms with Crippen molar-refractivity contribution in [2.45, 2.75) is 0 Å². The van der Waals surface area contributed by atoms with Gasteiger partial charge >= 0.3 is 0 Å². The van der Waals surface area contributed by atoms with Gasteiger partial charge in [0.15, 0.2) is 0 Å². The molecule has 1 N–H and O–H groups in total. The van der Waals surface area contributed by atoms with Gasteiger partial charge in [-0.15, -0.1) is 21.6 Å². The van der Waals surface area contributed by atoms with Crippen LogP contribution >= 0.6 is 11.3 Å². The van der Waals surface area contributed by atoms with Crippen LogP contribution in [0.3, 0.4) is 0 Å². The van der Waals surface area contributed by atoms with Crippen molar-refractivity contribution in [3.05, 3.63) is 24.0 Å². The summed E-state index contributed by atoms with van der Waals surface area (Å²) in [7, 11) is 0. The Morgan fingerprint density at radius 3 is 2.92 bits per heavy atom. The Bertz CT molecular complexity index is 313. The summed E-state index contributed by atoms with van der Waals surface area (Å²) in [5, 5.41) is 10.1. The summed E-state index contributed by atoms with van der Waals surface area (Å²) in [6, 6.07) is 0. The topological polar surface area (TPSA) is 66.3 Å². The molecule has 2 heterocycles. The molecule has 0 saturated carbocycles. The summed E-state index contributed by atoms with van der Waals surface area (Å²) in [6.07, 6.45) is 4.99. The zero-order chi connectivity index (χ0) is 8.23. The molecule has 60 valence electrons. The maximum Gasteiger partial charge on any atom is 0.246 e. The van der Waals surface area contributed by atoms with E-state index in [1.54, 1.807) is 18.6 Å². The Morgan fingerprint density at radius 1 is 1.25 bits per heavy atom. The second-order valence-corrected chi connectivity index (χ2v) is 2.80. The van der Waals surface area contributed by atoms with Crippen molar-refractivity contribution < 1.29 is 0 Å². The molecular formula is C6H5N5S. The Morgan fingerprint density at radius 2 is 2.25 bits per heavy atom. The normalized spacial score (nSPS) is 11.0. The van der Waals surface area contributed by atoms with Gasteiger partial charge in [0.2, 0.25) is 11.1 Å². The van der Waals surface area contributed by atoms with Crippen LogP contribution in [0, 0.1) is 0 Å². The van der Waals surface area contributed by atoms with Crippen LogP contribution in [0.25, 0.3) is 0 Å². The first-order chi connectivity index (χ1) is 5.95. The van der Waals surface area contributed by atoms with Gasteiger partial charge in [-0.2, -0.15) is 0 Å². The summed E-state index contributed by atoms with van der Waals surface area (Å²) < 4.78 is 0. The van der Waals surface area contributed by atoms with E-state index in [9.17, 15) is 0 Å². The molecule has 0 aliphatic rings. The SMILES string of the molecule is c1c[nH]c(/N=N/c2nccs2)n1. The standard InChI is InChI=1S/C6H5N5S/c1-2-8-5(7-1)10-11-6-9-3-4-12-6/h1-4H,(H,7,8)/b11-10+. The first kappa shape index (κ1) is 7.11. The molecule has 0 aliphatic carbocycles. The summed E-state index contributed by atoms with van der Waals surface area (Å²) in [4.78, 5) is 10.6. The highest BCUT2D eigenvalue weighted by molar-refractivity contribution is 7.13. The number of azo groups is 1. The first-order valence-electron chi connectivity index (χ1n) is 3.26. The van der Waals surface area contributed by atoms with E-state index in [1.165, 1.54) is 11.3 Å². The largest absolute Gasteiger partial charge is 0.328 e. The fourth-order valence-corrected chi connectivity index (χ4v) is 1.12. The number of aromatic amines is 1. The van der Waals surface area contributed by atoms with Gasteiger partial charge in [0, 0.05) is 24.0 Å². The van der Waals surface area contributed by atoms with E-state index in [1.807, 2.05) is 5.38 Å². The minimum Gasteiger partial charge on any atom is -0.328 e. The maximum atomic E-state index is 3.93. The zero-order valence-electron chi connectivity index (χ0n) is 6.01. The van der Waals surface area contributed by atoms with Crippen molar-refractivity contribution in [3.63, 3.8) is 0 Å². The van der Waals surface area contributed by atoms with Crippen molar-refractivity contribution >= 4 is 22.4 Å². The van der Waals surface area contributed by atoms with Crippen molar-refractivity contribution in [3.8, 4) is 0 Å². The van der Waals surface area contributed by atoms with Gasteiger partial charge < -0.3 is 4.98 Å². The zero-order valence-corrected chi connectivity index (χ0v) is 6.82. The van der Waals surface area contributed by atoms with Gasteiger partial charge in [0.05, 0.1) is 0 Å². The molecule has 5 nitrogen and oxygen atoms in total. The van der Waals surface area contributed by atoms with Gasteiger partial charge in [-0.25, -0.2) is 9.97 Å². The van der Waals surface area contributed by atoms with Gasteiger partial charge in [-0.3, -0.25) is 0 Å². The Balaban J connectivity index is 2.14. The molecule has 0 radical (unpaired) electrons. The molecule has 0 fully saturated rings. The number of H-pyrrole nitrogens is 1. The Kier molecular flexibility index (Phi) is 1.91. The molecule has 0 bridgehead atoms. The third-order valence-electron chi connectivity index (χ3n) is 1.13. The molecule has 12 heavy (non-hydrogen) atoms. The van der Waals surface area contributed by atoms with E-state index in [2.05, 4.69) is 25.2 Å². The number of aromatic nitrogens is 3. The molecule has 0 spiro atoms. The van der Waals surface area contributed by atoms with Crippen LogP contribution in [0.4, 0.5) is 11.1 Å². The molecule has 0 saturated heterocycles. The third-order valence-corrected chi connectivity index (χ3v) is 1.79. The lowest BCUT2D eigenvalue weighted by Crippen LogP contribution is -1.62. The smallest absolute Gasteiger partial charge is 0.246 e. The van der Waals surface area contributed by atoms with Gasteiger partial charge in [-0.1, -0.05) is 0 Å². The average molecular weight is 179 g/mol. The van der Waals surface area contributed by atoms with Crippen molar-refractivity contribution in [1.82, 2.24) is 15.0 Å². The number of imidazole rings is 1. The van der Waals surface area contributed by atoms with Crippen LogP contribution in [0.1, 0.15) is 0 Å². The molecule has 0 unspecified atom stereocenters. The fourth-order valence-electron chi connectivity index (χ4n) is 0.667. The molecular weight excluding hydrogens is 174 g/mol. The average Bonchev–Trinajstić information content (AvgIpc) is 2.74. The predicted octanol–water partition coefficient (Wildman–Crippen LogP) is 2.28. The monoisotopic (exact) mass is 179 g/mol. The van der Waals surface area contributed by atoms with Crippen LogP contribution in [0.15, 0.2) is 34.2 Å². The molecule has 6 heteroatoms. The van der Waals surface area contributed by atoms with Crippen LogP contribution in [0.5, 0.6) is 0 Å². The Labute approximate surface area is 72.2 Å². The lowest BCUT2D eigenvalue weighted by atomic mass is 11.0. The fraction of sp³-hybridized carbons (Fsp3) is 0. The summed E-state index contributed by atoms with van der Waals surface area (Å²) >= 11 is 1.43. The maximum absolute atomic E-state index is 3.93. The number of hydrogen-bond acceptors (Lipinski definition) is 5. The highest BCUT2D eigenvalue weighted by atomic mass is 32.1. The second-order valence-electron chi connectivity index (χ2n) is 1.93. The van der Waals surface area contributed by atoms with E-state index < -0.39 is 0 Å². The lowest BCUT2D eigenvalue weighted by Gasteiger charge is -1.80. The summed E-state index contributed by atoms with van der Waals surface area (Å²) in [5.41, 5.74) is 0. The predicted molar refractivity (Wildman–Crippen MR) is 44.9 cm³/mol. The van der Waals surface area contributed by atoms with Gasteiger partial charge in [0.1, 0.15) is 0 Å². The first-order valence-corrected chi connectivity index (χ1v) is 4.14. The minimum absolute atomic E-state index is 0.491. The van der Waals surface area contributed by atoms with Crippen LogP contribution in [0.2, 0.25) is 0 Å². The number of thiazole rings is 1. The van der Waals surface area contributed by atoms with E-state index in [0.29, 0.717) is 11.1 Å². The number of rotatable bonds is 2. The molecule has 0 atom stereocenters. The molecule has 0 aliphatic heterocycles. The molecule has 2 aromatic rings. The lowest BCUT2D eigenvalue weighted by molar-refractivity contribution is 1.11. The van der Waals surface area contributed by atoms with E-state index in [4.69, 9.17) is 0 Å². The summed E-state index contributed by atoms with van der Waals surface area (Å²) in [5.74, 6) is 0.491.